The first-order valence-electron chi connectivity index (χ1n) is 35.8. The number of fused-ring (bicyclic) bond motifs is 10. The number of benzene rings is 10. The Bertz CT molecular complexity index is 6560. The Hall–Kier alpha value is -11.7. The summed E-state index contributed by atoms with van der Waals surface area (Å²) < 4.78 is 171. The second-order valence-electron chi connectivity index (χ2n) is 28.3. The minimum atomic E-state index is -4.78. The maximum Gasteiger partial charge on any atom is 0.267 e. The van der Waals surface area contributed by atoms with Crippen LogP contribution >= 0.6 is 0 Å². The molecule has 0 fully saturated rings. The van der Waals surface area contributed by atoms with E-state index in [4.69, 9.17) is 0 Å². The molecule has 0 saturated heterocycles. The minimum absolute atomic E-state index is 0.0558. The van der Waals surface area contributed by atoms with Crippen LogP contribution in [0, 0.1) is 34.6 Å². The third kappa shape index (κ3) is 13.1. The average molecular weight is 1550 g/mol. The predicted octanol–water partition coefficient (Wildman–Crippen LogP) is 17.6. The molecule has 0 saturated carbocycles. The van der Waals surface area contributed by atoms with E-state index in [0.29, 0.717) is 44.5 Å². The maximum atomic E-state index is 16.5. The Morgan fingerprint density at radius 3 is 0.527 bits per heavy atom. The summed E-state index contributed by atoms with van der Waals surface area (Å²) in [4.78, 5) is -0.431. The zero-order valence-corrected chi connectivity index (χ0v) is 64.6. The molecule has 550 valence electrons. The van der Waals surface area contributed by atoms with Crippen molar-refractivity contribution < 1.29 is 42.1 Å². The van der Waals surface area contributed by atoms with E-state index in [0.717, 1.165) is 27.8 Å². The third-order valence-electron chi connectivity index (χ3n) is 20.9. The van der Waals surface area contributed by atoms with E-state index in [1.165, 1.54) is 105 Å². The van der Waals surface area contributed by atoms with Gasteiger partial charge in [0.1, 0.15) is 0 Å². The summed E-state index contributed by atoms with van der Waals surface area (Å²) in [5.41, 5.74) is 8.77. The Morgan fingerprint density at radius 1 is 0.182 bits per heavy atom. The normalized spacial score (nSPS) is 16.3. The van der Waals surface area contributed by atoms with Crippen LogP contribution in [0.5, 0.6) is 0 Å². The first kappa shape index (κ1) is 72.5. The Morgan fingerprint density at radius 2 is 0.336 bits per heavy atom. The third-order valence-corrected chi connectivity index (χ3v) is 29.4. The van der Waals surface area contributed by atoms with E-state index in [2.05, 4.69) is 0 Å². The predicted molar refractivity (Wildman–Crippen MR) is 428 cm³/mol. The molecule has 15 nitrogen and oxygen atoms in total. The molecule has 15 aromatic rings. The molecule has 0 N–H and O–H groups in total. The maximum absolute atomic E-state index is 16.5. The summed E-state index contributed by atoms with van der Waals surface area (Å²) in [5, 5.41) is 0. The van der Waals surface area contributed by atoms with Crippen molar-refractivity contribution in [1.29, 1.82) is 0 Å². The minimum Gasteiger partial charge on any atom is -0.245 e. The fourth-order valence-electron chi connectivity index (χ4n) is 15.3. The van der Waals surface area contributed by atoms with E-state index in [1.807, 2.05) is 156 Å². The summed E-state index contributed by atoms with van der Waals surface area (Å²) >= 11 is 0. The number of hydrogen-bond donors (Lipinski definition) is 0. The lowest BCUT2D eigenvalue weighted by Gasteiger charge is -2.22. The highest BCUT2D eigenvalue weighted by Crippen LogP contribution is 2.49. The lowest BCUT2D eigenvalue weighted by Crippen LogP contribution is -2.22. The number of hydrogen-bond acceptors (Lipinski definition) is 10. The van der Waals surface area contributed by atoms with Crippen LogP contribution in [-0.2, 0) is 50.1 Å². The molecule has 10 bridgehead atoms. The summed E-state index contributed by atoms with van der Waals surface area (Å²) in [7, 11) is -23.7. The lowest BCUT2D eigenvalue weighted by molar-refractivity contribution is 0.580. The van der Waals surface area contributed by atoms with Gasteiger partial charge in [0.05, 0.1) is 48.1 Å². The molecule has 0 radical (unpaired) electrons. The van der Waals surface area contributed by atoms with Crippen molar-refractivity contribution in [1.82, 2.24) is 19.9 Å². The molecule has 5 unspecified atom stereocenters. The van der Waals surface area contributed by atoms with Crippen LogP contribution in [0.4, 0.5) is 0 Å². The largest absolute Gasteiger partial charge is 0.267 e. The monoisotopic (exact) mass is 1550 g/mol. The summed E-state index contributed by atoms with van der Waals surface area (Å²) in [6.07, 6.45) is 7.63. The molecular weight excluding hydrogens is 1470 g/mol. The molecule has 5 aromatic heterocycles. The fraction of sp³-hybridized carbons (Fsp3) is 0.111. The van der Waals surface area contributed by atoms with Gasteiger partial charge in [-0.3, -0.25) is 0 Å². The van der Waals surface area contributed by atoms with Gasteiger partial charge < -0.3 is 0 Å². The number of aryl methyl sites for hydroxylation is 5. The van der Waals surface area contributed by atoms with Crippen molar-refractivity contribution in [2.75, 3.05) is 0 Å². The molecule has 16 rings (SSSR count). The van der Waals surface area contributed by atoms with E-state index in [1.54, 1.807) is 128 Å². The highest BCUT2D eigenvalue weighted by atomic mass is 32.2. The first-order chi connectivity index (χ1) is 52.9. The highest BCUT2D eigenvalue weighted by Gasteiger charge is 2.41. The second-order valence-corrected chi connectivity index (χ2v) is 37.4. The number of nitrogens with zero attached hydrogens (tertiary/aromatic N) is 5. The van der Waals surface area contributed by atoms with Crippen LogP contribution in [0.3, 0.4) is 0 Å². The molecule has 0 spiro atoms. The van der Waals surface area contributed by atoms with E-state index in [9.17, 15) is 0 Å². The van der Waals surface area contributed by atoms with Gasteiger partial charge >= 0.3 is 0 Å². The van der Waals surface area contributed by atoms with Crippen LogP contribution in [-0.4, -0.2) is 62.0 Å². The van der Waals surface area contributed by atoms with Crippen LogP contribution < -0.4 is 0 Å². The van der Waals surface area contributed by atoms with Crippen molar-refractivity contribution >= 4 is 50.1 Å². The van der Waals surface area contributed by atoms with Crippen LogP contribution in [0.1, 0.15) is 142 Å². The number of rotatable bonds is 15. The zero-order chi connectivity index (χ0) is 76.6. The molecule has 1 aliphatic rings. The van der Waals surface area contributed by atoms with Crippen LogP contribution in [0.2, 0.25) is 0 Å². The Labute approximate surface area is 642 Å². The summed E-state index contributed by atoms with van der Waals surface area (Å²) in [6, 6.07) is 86.7. The first-order valence-corrected chi connectivity index (χ1v) is 43.0. The lowest BCUT2D eigenvalue weighted by atomic mass is 9.84. The van der Waals surface area contributed by atoms with Crippen LogP contribution in [0.15, 0.2) is 359 Å². The van der Waals surface area contributed by atoms with Gasteiger partial charge in [-0.25, -0.2) is 62.0 Å². The summed E-state index contributed by atoms with van der Waals surface area (Å²) in [5.74, 6) is -5.91. The highest BCUT2D eigenvalue weighted by molar-refractivity contribution is 7.91. The van der Waals surface area contributed by atoms with E-state index in [-0.39, 0.29) is 64.1 Å². The smallest absolute Gasteiger partial charge is 0.245 e. The molecule has 0 aliphatic heterocycles. The van der Waals surface area contributed by atoms with Gasteiger partial charge in [-0.15, -0.1) is 0 Å². The average Bonchev–Trinajstić information content (AvgIpc) is 1.57. The van der Waals surface area contributed by atoms with Gasteiger partial charge in [-0.2, -0.15) is 0 Å². The van der Waals surface area contributed by atoms with E-state index >= 15 is 42.1 Å². The number of aromatic nitrogens is 5. The van der Waals surface area contributed by atoms with E-state index < -0.39 is 79.7 Å². The molecule has 110 heavy (non-hydrogen) atoms. The van der Waals surface area contributed by atoms with Gasteiger partial charge in [0.2, 0.25) is 0 Å². The topological polar surface area (TPSA) is 195 Å². The molecule has 0 amide bonds. The Balaban J connectivity index is 1.12. The van der Waals surface area contributed by atoms with Gasteiger partial charge in [0, 0.05) is 65.4 Å². The van der Waals surface area contributed by atoms with Crippen molar-refractivity contribution in [3.63, 3.8) is 0 Å². The molecule has 10 aromatic carbocycles. The molecule has 5 atom stereocenters. The van der Waals surface area contributed by atoms with Crippen molar-refractivity contribution in [2.24, 2.45) is 0 Å². The van der Waals surface area contributed by atoms with Crippen LogP contribution in [0.25, 0.3) is 0 Å². The standard InChI is InChI=1S/C90H75N5O10S5/c1-61-31-41-76(42-32-61)106(96,97)91-56-71-51-81(91)87(67-23-13-7-14-24-67)73-53-82(92(58-73)107(98,99)77-43-33-62(2)34-44-77)88(68-25-15-8-16-26-68)74-54-83(93(59-74)108(100,101)78-45-35-63(3)36-46-78)89(69-27-17-9-18-28-69)75-55-85(95(60-75)110(104,105)80-49-39-65(5)40-50-80)90(70-29-19-10-20-30-70)84-52-72(86(71)66-21-11-6-12-22-66)57-94(84)109(102,103)79-47-37-64(4)38-48-79/h6-60,86-90H,1-5H3. The fourth-order valence-corrected chi connectivity index (χ4v) is 22.3. The van der Waals surface area contributed by atoms with Gasteiger partial charge in [0.15, 0.2) is 0 Å². The van der Waals surface area contributed by atoms with Crippen molar-refractivity contribution in [3.8, 4) is 0 Å². The molecule has 5 heterocycles. The molecule has 20 heteroatoms. The molecule has 1 aliphatic carbocycles. The van der Waals surface area contributed by atoms with Gasteiger partial charge in [-0.1, -0.05) is 240 Å². The SMILES string of the molecule is Cc1ccc(S(=O)(=O)n2cc3cc2C(c2ccccc2)c2cc(n(S(=O)(=O)c4ccc(C)cc4)c2)C(c2ccccc2)c2cc(n(S(=O)(=O)c4ccc(C)cc4)c2)C(c2ccccc2)c2cc(n(S(=O)(=O)c4ccc(C)cc4)c2)C(c2ccccc2)c2cc(cn2S(=O)(=O)c2ccc(C)cc2)C3c2ccccc2)cc1. The van der Waals surface area contributed by atoms with Crippen molar-refractivity contribution in [3.05, 3.63) is 446 Å². The molecular formula is C90H75N5O10S5. The van der Waals surface area contributed by atoms with Gasteiger partial charge in [-0.05, 0) is 181 Å². The Kier molecular flexibility index (Phi) is 18.7. The second kappa shape index (κ2) is 28.4. The quantitative estimate of drug-likeness (QED) is 0.0952. The summed E-state index contributed by atoms with van der Waals surface area (Å²) in [6.45, 7) is 9.24. The van der Waals surface area contributed by atoms with Gasteiger partial charge in [0.25, 0.3) is 50.1 Å². The van der Waals surface area contributed by atoms with Crippen molar-refractivity contribution in [2.45, 2.75) is 88.7 Å². The zero-order valence-electron chi connectivity index (χ0n) is 60.5.